The molecule has 5 amide bonds. The van der Waals surface area contributed by atoms with E-state index in [9.17, 15) is 28.4 Å². The highest BCUT2D eigenvalue weighted by Crippen LogP contribution is 2.33. The minimum atomic E-state index is -0.683. The van der Waals surface area contributed by atoms with E-state index in [2.05, 4.69) is 44.1 Å². The van der Waals surface area contributed by atoms with Gasteiger partial charge in [0.2, 0.25) is 5.91 Å². The predicted octanol–water partition coefficient (Wildman–Crippen LogP) is 10.3. The molecule has 0 radical (unpaired) electrons. The van der Waals surface area contributed by atoms with Crippen molar-refractivity contribution in [2.45, 2.75) is 39.0 Å². The number of aryl methyl sites for hydroxylation is 1. The van der Waals surface area contributed by atoms with Crippen molar-refractivity contribution in [3.05, 3.63) is 173 Å². The van der Waals surface area contributed by atoms with Crippen LogP contribution in [0, 0.1) is 5.82 Å². The van der Waals surface area contributed by atoms with Gasteiger partial charge in [0.25, 0.3) is 23.6 Å². The number of amides is 5. The van der Waals surface area contributed by atoms with Crippen LogP contribution in [0.1, 0.15) is 58.9 Å². The van der Waals surface area contributed by atoms with Gasteiger partial charge in [-0.3, -0.25) is 28.9 Å². The molecule has 0 heterocycles. The van der Waals surface area contributed by atoms with E-state index in [4.69, 9.17) is 9.47 Å². The van der Waals surface area contributed by atoms with Gasteiger partial charge < -0.3 is 30.7 Å². The van der Waals surface area contributed by atoms with Gasteiger partial charge >= 0.3 is 0 Å². The summed E-state index contributed by atoms with van der Waals surface area (Å²) in [6, 6.07) is 39.2. The van der Waals surface area contributed by atoms with E-state index < -0.39 is 48.6 Å². The Morgan fingerprint density at radius 2 is 1.17 bits per heavy atom. The van der Waals surface area contributed by atoms with Crippen LogP contribution in [0.4, 0.5) is 32.8 Å². The molecular weight excluding hydrogens is 881 g/mol. The molecule has 6 aromatic rings. The second-order valence-electron chi connectivity index (χ2n) is 14.6. The number of benzene rings is 6. The molecule has 14 heteroatoms. The van der Waals surface area contributed by atoms with Crippen molar-refractivity contribution in [2.24, 2.45) is 0 Å². The van der Waals surface area contributed by atoms with Gasteiger partial charge in [-0.2, -0.15) is 0 Å². The zero-order chi connectivity index (χ0) is 45.3. The molecular formula is C50H47BrFN5O7. The molecule has 0 saturated carbocycles. The molecule has 0 fully saturated rings. The van der Waals surface area contributed by atoms with Crippen LogP contribution in [0.2, 0.25) is 0 Å². The summed E-state index contributed by atoms with van der Waals surface area (Å²) in [5.41, 5.74) is 2.96. The zero-order valence-corrected chi connectivity index (χ0v) is 36.7. The average molecular weight is 929 g/mol. The Bertz CT molecular complexity index is 2540. The van der Waals surface area contributed by atoms with Crippen LogP contribution in [0.15, 0.2) is 150 Å². The zero-order valence-electron chi connectivity index (χ0n) is 35.1. The Labute approximate surface area is 379 Å². The number of hydrogen-bond donors (Lipinski definition) is 4. The maximum atomic E-state index is 14.9. The summed E-state index contributed by atoms with van der Waals surface area (Å²) in [5.74, 6) is -3.41. The highest BCUT2D eigenvalue weighted by Gasteiger charge is 2.27. The topological polar surface area (TPSA) is 155 Å². The second kappa shape index (κ2) is 23.2. The lowest BCUT2D eigenvalue weighted by Gasteiger charge is -2.25. The number of para-hydroxylation sites is 3. The van der Waals surface area contributed by atoms with Crippen LogP contribution >= 0.6 is 15.9 Å². The molecule has 0 aromatic heterocycles. The maximum absolute atomic E-state index is 14.9. The van der Waals surface area contributed by atoms with Crippen LogP contribution in [0.3, 0.4) is 0 Å². The Balaban J connectivity index is 1.29. The Morgan fingerprint density at radius 1 is 0.578 bits per heavy atom. The van der Waals surface area contributed by atoms with Gasteiger partial charge in [-0.1, -0.05) is 90.6 Å². The number of anilines is 5. The third-order valence-corrected chi connectivity index (χ3v) is 10.3. The molecule has 0 spiro atoms. The number of halogens is 2. The molecule has 0 saturated heterocycles. The lowest BCUT2D eigenvalue weighted by atomic mass is 10.1. The summed E-state index contributed by atoms with van der Waals surface area (Å²) in [5, 5.41) is 11.0. The molecule has 0 atom stereocenters. The predicted molar refractivity (Wildman–Crippen MR) is 251 cm³/mol. The Morgan fingerprint density at radius 3 is 1.86 bits per heavy atom. The first-order valence-corrected chi connectivity index (χ1v) is 21.5. The number of carbonyl (C=O) groups is 5. The van der Waals surface area contributed by atoms with Crippen LogP contribution < -0.4 is 35.6 Å². The van der Waals surface area contributed by atoms with Gasteiger partial charge in [-0.25, -0.2) is 4.39 Å². The number of unbranched alkanes of at least 4 members (excludes halogenated alkanes) is 3. The minimum absolute atomic E-state index is 0.0345. The number of ether oxygens (including phenoxy) is 2. The van der Waals surface area contributed by atoms with Crippen molar-refractivity contribution >= 4 is 73.9 Å². The van der Waals surface area contributed by atoms with Crippen LogP contribution in [-0.2, 0) is 20.8 Å². The maximum Gasteiger partial charge on any atom is 0.262 e. The number of rotatable bonds is 20. The molecule has 6 rings (SSSR count). The SMILES string of the molecule is CCCCCCc1ccc(N(CC(=O)Nc2ccccc2)C(=O)c2cccc(NC(=O)c3ccccc3OCC(=O)Nc3ccc(F)cc3)c2OCC(=O)Nc2ccc(Br)cc2)cc1. The van der Waals surface area contributed by atoms with Crippen LogP contribution in [0.5, 0.6) is 11.5 Å². The first kappa shape index (κ1) is 46.2. The largest absolute Gasteiger partial charge is 0.483 e. The lowest BCUT2D eigenvalue weighted by molar-refractivity contribution is -0.118. The monoisotopic (exact) mass is 927 g/mol. The molecule has 328 valence electrons. The normalized spacial score (nSPS) is 10.6. The third-order valence-electron chi connectivity index (χ3n) is 9.76. The fraction of sp³-hybridized carbons (Fsp3) is 0.180. The van der Waals surface area contributed by atoms with E-state index in [1.165, 1.54) is 53.4 Å². The van der Waals surface area contributed by atoms with E-state index in [0.29, 0.717) is 22.7 Å². The third kappa shape index (κ3) is 13.6. The summed E-state index contributed by atoms with van der Waals surface area (Å²) in [6.07, 6.45) is 5.26. The van der Waals surface area contributed by atoms with Crippen LogP contribution in [-0.4, -0.2) is 49.3 Å². The lowest BCUT2D eigenvalue weighted by Crippen LogP contribution is -2.38. The van der Waals surface area contributed by atoms with Crippen molar-refractivity contribution in [2.75, 3.05) is 45.9 Å². The highest BCUT2D eigenvalue weighted by molar-refractivity contribution is 9.10. The molecule has 0 aliphatic heterocycles. The van der Waals surface area contributed by atoms with Crippen molar-refractivity contribution < 1.29 is 37.8 Å². The first-order chi connectivity index (χ1) is 31.1. The summed E-state index contributed by atoms with van der Waals surface area (Å²) >= 11 is 3.38. The second-order valence-corrected chi connectivity index (χ2v) is 15.5. The minimum Gasteiger partial charge on any atom is -0.483 e. The van der Waals surface area contributed by atoms with Crippen molar-refractivity contribution in [1.29, 1.82) is 0 Å². The van der Waals surface area contributed by atoms with Gasteiger partial charge in [-0.15, -0.1) is 0 Å². The van der Waals surface area contributed by atoms with E-state index in [0.717, 1.165) is 42.1 Å². The number of carbonyl (C=O) groups excluding carboxylic acids is 5. The number of nitrogens with one attached hydrogen (secondary N) is 4. The quantitative estimate of drug-likeness (QED) is 0.0556. The van der Waals surface area contributed by atoms with Crippen molar-refractivity contribution in [1.82, 2.24) is 0 Å². The Hall–Kier alpha value is -7.32. The van der Waals surface area contributed by atoms with Gasteiger partial charge in [-0.05, 0) is 115 Å². The van der Waals surface area contributed by atoms with E-state index in [-0.39, 0.29) is 34.9 Å². The van der Waals surface area contributed by atoms with Gasteiger partial charge in [0.15, 0.2) is 19.0 Å². The van der Waals surface area contributed by atoms with Gasteiger partial charge in [0, 0.05) is 27.2 Å². The van der Waals surface area contributed by atoms with E-state index in [1.807, 2.05) is 18.2 Å². The molecule has 0 bridgehead atoms. The number of hydrogen-bond acceptors (Lipinski definition) is 7. The molecule has 6 aromatic carbocycles. The smallest absolute Gasteiger partial charge is 0.262 e. The summed E-state index contributed by atoms with van der Waals surface area (Å²) in [4.78, 5) is 69.8. The summed E-state index contributed by atoms with van der Waals surface area (Å²) in [7, 11) is 0. The molecule has 0 unspecified atom stereocenters. The van der Waals surface area contributed by atoms with E-state index >= 15 is 0 Å². The molecule has 0 aliphatic carbocycles. The van der Waals surface area contributed by atoms with Crippen LogP contribution in [0.25, 0.3) is 0 Å². The summed E-state index contributed by atoms with van der Waals surface area (Å²) in [6.45, 7) is 0.740. The van der Waals surface area contributed by atoms with Crippen molar-refractivity contribution in [3.63, 3.8) is 0 Å². The van der Waals surface area contributed by atoms with Gasteiger partial charge in [0.1, 0.15) is 18.1 Å². The molecule has 0 aliphatic rings. The fourth-order valence-corrected chi connectivity index (χ4v) is 6.82. The van der Waals surface area contributed by atoms with Gasteiger partial charge in [0.05, 0.1) is 16.8 Å². The molecule has 64 heavy (non-hydrogen) atoms. The first-order valence-electron chi connectivity index (χ1n) is 20.7. The van der Waals surface area contributed by atoms with Crippen molar-refractivity contribution in [3.8, 4) is 11.5 Å². The fourth-order valence-electron chi connectivity index (χ4n) is 6.56. The standard InChI is InChI=1S/C50H47BrFN5O7/c1-2-3-4-6-12-34-19-29-40(30-20-34)57(31-45(58)53-37-13-7-5-8-14-37)50(62)42-16-11-17-43(48(42)64-33-47(60)54-38-25-21-35(51)22-26-38)56-49(61)41-15-9-10-18-44(41)63-32-46(59)55-39-27-23-36(52)24-28-39/h5,7-11,13-30H,2-4,6,12,31-33H2,1H3,(H,53,58)(H,54,60)(H,55,59)(H,56,61). The highest BCUT2D eigenvalue weighted by atomic mass is 79.9. The average Bonchev–Trinajstić information content (AvgIpc) is 3.30. The summed E-state index contributed by atoms with van der Waals surface area (Å²) < 4.78 is 26.1. The Kier molecular flexibility index (Phi) is 16.8. The molecule has 12 nitrogen and oxygen atoms in total. The number of nitrogens with zero attached hydrogens (tertiary/aromatic N) is 1. The molecule has 4 N–H and O–H groups in total. The van der Waals surface area contributed by atoms with E-state index in [1.54, 1.807) is 78.9 Å².